The Bertz CT molecular complexity index is 1390. The van der Waals surface area contributed by atoms with Crippen LogP contribution in [0, 0.1) is 17.1 Å². The van der Waals surface area contributed by atoms with Gasteiger partial charge in [0.25, 0.3) is 5.91 Å². The van der Waals surface area contributed by atoms with Gasteiger partial charge in [-0.15, -0.1) is 0 Å². The summed E-state index contributed by atoms with van der Waals surface area (Å²) in [5, 5.41) is 9.63. The zero-order chi connectivity index (χ0) is 23.5. The predicted molar refractivity (Wildman–Crippen MR) is 123 cm³/mol. The van der Waals surface area contributed by atoms with Crippen LogP contribution in [0.5, 0.6) is 0 Å². The van der Waals surface area contributed by atoms with Gasteiger partial charge in [-0.25, -0.2) is 14.4 Å². The maximum Gasteiger partial charge on any atom is 0.256 e. The minimum atomic E-state index is -0.705. The van der Waals surface area contributed by atoms with E-state index in [1.807, 2.05) is 6.07 Å². The van der Waals surface area contributed by atoms with Crippen molar-refractivity contribution in [3.8, 4) is 6.07 Å². The number of amides is 1. The van der Waals surface area contributed by atoms with E-state index < -0.39 is 11.9 Å². The fourth-order valence-corrected chi connectivity index (χ4v) is 3.67. The molecule has 1 unspecified atom stereocenters. The first-order valence-corrected chi connectivity index (χ1v) is 10.6. The van der Waals surface area contributed by atoms with Crippen LogP contribution in [0.2, 0.25) is 0 Å². The number of hydrogen-bond donors (Lipinski definition) is 1. The van der Waals surface area contributed by atoms with Crippen molar-refractivity contribution in [2.24, 2.45) is 0 Å². The maximum atomic E-state index is 14.5. The SMILES string of the molecule is CC(c1ncccc1F)N(Cc1ccc(C#N)cn1)C(=O)c1cnc2nc(N)c(Br)cc2c1. The van der Waals surface area contributed by atoms with Crippen molar-refractivity contribution >= 4 is 38.7 Å². The van der Waals surface area contributed by atoms with Gasteiger partial charge in [-0.2, -0.15) is 5.26 Å². The molecule has 0 saturated heterocycles. The van der Waals surface area contributed by atoms with Crippen LogP contribution in [0.15, 0.2) is 59.5 Å². The number of nitrogens with two attached hydrogens (primary N) is 1. The Hall–Kier alpha value is -3.97. The monoisotopic (exact) mass is 505 g/mol. The van der Waals surface area contributed by atoms with Gasteiger partial charge in [0.1, 0.15) is 17.7 Å². The van der Waals surface area contributed by atoms with Crippen molar-refractivity contribution in [1.29, 1.82) is 5.26 Å². The lowest BCUT2D eigenvalue weighted by molar-refractivity contribution is 0.0664. The van der Waals surface area contributed by atoms with E-state index in [1.54, 1.807) is 31.2 Å². The number of fused-ring (bicyclic) bond motifs is 1. The van der Waals surface area contributed by atoms with Crippen molar-refractivity contribution in [3.63, 3.8) is 0 Å². The highest BCUT2D eigenvalue weighted by Crippen LogP contribution is 2.27. The van der Waals surface area contributed by atoms with Crippen LogP contribution in [0.4, 0.5) is 10.2 Å². The number of aromatic nitrogens is 4. The second-order valence-corrected chi connectivity index (χ2v) is 8.11. The third-order valence-electron chi connectivity index (χ3n) is 5.09. The number of carbonyl (C=O) groups is 1. The molecule has 4 aromatic rings. The molecule has 0 aliphatic rings. The normalized spacial score (nSPS) is 11.7. The Morgan fingerprint density at radius 1 is 1.24 bits per heavy atom. The number of carbonyl (C=O) groups excluding carboxylic acids is 1. The van der Waals surface area contributed by atoms with E-state index in [4.69, 9.17) is 11.0 Å². The number of rotatable bonds is 5. The van der Waals surface area contributed by atoms with Gasteiger partial charge in [0.15, 0.2) is 5.65 Å². The lowest BCUT2D eigenvalue weighted by Crippen LogP contribution is -2.34. The Balaban J connectivity index is 1.75. The molecule has 4 heterocycles. The van der Waals surface area contributed by atoms with Gasteiger partial charge in [-0.1, -0.05) is 0 Å². The topological polar surface area (TPSA) is 122 Å². The largest absolute Gasteiger partial charge is 0.383 e. The second-order valence-electron chi connectivity index (χ2n) is 7.26. The molecule has 33 heavy (non-hydrogen) atoms. The lowest BCUT2D eigenvalue weighted by atomic mass is 10.1. The van der Waals surface area contributed by atoms with Crippen molar-refractivity contribution in [2.45, 2.75) is 19.5 Å². The Labute approximate surface area is 197 Å². The minimum absolute atomic E-state index is 0.0729. The molecule has 0 aromatic carbocycles. The van der Waals surface area contributed by atoms with Gasteiger partial charge in [0.05, 0.1) is 39.6 Å². The molecule has 1 atom stereocenters. The highest BCUT2D eigenvalue weighted by atomic mass is 79.9. The Morgan fingerprint density at radius 2 is 2.06 bits per heavy atom. The van der Waals surface area contributed by atoms with Crippen molar-refractivity contribution in [3.05, 3.63) is 87.8 Å². The van der Waals surface area contributed by atoms with Crippen molar-refractivity contribution in [2.75, 3.05) is 5.73 Å². The van der Waals surface area contributed by atoms with Crippen LogP contribution in [0.25, 0.3) is 11.0 Å². The number of nitrogen functional groups attached to an aromatic ring is 1. The van der Waals surface area contributed by atoms with Gasteiger partial charge in [0, 0.05) is 24.0 Å². The molecule has 2 N–H and O–H groups in total. The van der Waals surface area contributed by atoms with E-state index in [0.717, 1.165) is 0 Å². The highest BCUT2D eigenvalue weighted by Gasteiger charge is 2.27. The molecule has 4 aromatic heterocycles. The highest BCUT2D eigenvalue weighted by molar-refractivity contribution is 9.10. The van der Waals surface area contributed by atoms with Gasteiger partial charge in [0.2, 0.25) is 0 Å². The number of halogens is 2. The van der Waals surface area contributed by atoms with Crippen LogP contribution in [-0.2, 0) is 6.54 Å². The van der Waals surface area contributed by atoms with Crippen LogP contribution in [-0.4, -0.2) is 30.7 Å². The molecule has 1 amide bonds. The average Bonchev–Trinajstić information content (AvgIpc) is 2.83. The molecule has 0 aliphatic heterocycles. The molecule has 0 spiro atoms. The van der Waals surface area contributed by atoms with Gasteiger partial charge in [-0.3, -0.25) is 14.8 Å². The summed E-state index contributed by atoms with van der Waals surface area (Å²) in [5.74, 6) is -0.612. The molecule has 0 fully saturated rings. The molecule has 0 aliphatic carbocycles. The number of anilines is 1. The summed E-state index contributed by atoms with van der Waals surface area (Å²) in [7, 11) is 0. The first-order valence-electron chi connectivity index (χ1n) is 9.85. The van der Waals surface area contributed by atoms with Gasteiger partial charge < -0.3 is 10.6 Å². The first kappa shape index (κ1) is 22.2. The molecule has 0 saturated carbocycles. The zero-order valence-corrected chi connectivity index (χ0v) is 19.0. The van der Waals surface area contributed by atoms with Crippen LogP contribution in [0.3, 0.4) is 0 Å². The van der Waals surface area contributed by atoms with E-state index in [1.165, 1.54) is 35.6 Å². The van der Waals surface area contributed by atoms with Crippen LogP contribution < -0.4 is 5.73 Å². The van der Waals surface area contributed by atoms with Gasteiger partial charge in [-0.05, 0) is 59.3 Å². The number of nitrogens with zero attached hydrogens (tertiary/aromatic N) is 6. The summed E-state index contributed by atoms with van der Waals surface area (Å²) in [4.78, 5) is 31.9. The number of hydrogen-bond acceptors (Lipinski definition) is 7. The molecule has 8 nitrogen and oxygen atoms in total. The summed E-state index contributed by atoms with van der Waals surface area (Å²) >= 11 is 3.33. The van der Waals surface area contributed by atoms with Gasteiger partial charge >= 0.3 is 0 Å². The van der Waals surface area contributed by atoms with Crippen LogP contribution in [0.1, 0.15) is 40.3 Å². The zero-order valence-electron chi connectivity index (χ0n) is 17.4. The fraction of sp³-hybridized carbons (Fsp3) is 0.130. The Morgan fingerprint density at radius 3 is 2.76 bits per heavy atom. The predicted octanol–water partition coefficient (Wildman–Crippen LogP) is 4.18. The molecule has 4 rings (SSSR count). The fourth-order valence-electron chi connectivity index (χ4n) is 3.33. The number of nitriles is 1. The molecular weight excluding hydrogens is 489 g/mol. The summed E-state index contributed by atoms with van der Waals surface area (Å²) in [6.45, 7) is 1.77. The third kappa shape index (κ3) is 4.63. The minimum Gasteiger partial charge on any atom is -0.383 e. The quantitative estimate of drug-likeness (QED) is 0.431. The van der Waals surface area contributed by atoms with Crippen molar-refractivity contribution in [1.82, 2.24) is 24.8 Å². The number of pyridine rings is 4. The summed E-state index contributed by atoms with van der Waals surface area (Å²) in [6, 6.07) is 10.7. The maximum absolute atomic E-state index is 14.5. The van der Waals surface area contributed by atoms with E-state index in [9.17, 15) is 9.18 Å². The lowest BCUT2D eigenvalue weighted by Gasteiger charge is -2.29. The molecule has 10 heteroatoms. The van der Waals surface area contributed by atoms with E-state index in [0.29, 0.717) is 32.6 Å². The standard InChI is InChI=1S/C23H17BrFN7O/c1-13(20-19(25)3-2-6-28-20)32(12-17-5-4-14(9-26)10-29-17)23(33)16-7-15-8-18(24)21(27)31-22(15)30-11-16/h2-8,10-11,13H,12H2,1H3,(H2,27,30,31). The van der Waals surface area contributed by atoms with E-state index >= 15 is 0 Å². The third-order valence-corrected chi connectivity index (χ3v) is 5.73. The first-order chi connectivity index (χ1) is 15.9. The van der Waals surface area contributed by atoms with Crippen molar-refractivity contribution < 1.29 is 9.18 Å². The summed E-state index contributed by atoms with van der Waals surface area (Å²) < 4.78 is 15.1. The molecular formula is C23H17BrFN7O. The summed E-state index contributed by atoms with van der Waals surface area (Å²) in [6.07, 6.45) is 4.31. The average molecular weight is 506 g/mol. The summed E-state index contributed by atoms with van der Waals surface area (Å²) in [5.41, 5.74) is 7.57. The van der Waals surface area contributed by atoms with E-state index in [-0.39, 0.29) is 23.7 Å². The molecule has 0 radical (unpaired) electrons. The van der Waals surface area contributed by atoms with Crippen LogP contribution >= 0.6 is 15.9 Å². The molecule has 0 bridgehead atoms. The molecule has 164 valence electrons. The smallest absolute Gasteiger partial charge is 0.256 e. The second kappa shape index (κ2) is 9.26. The van der Waals surface area contributed by atoms with E-state index in [2.05, 4.69) is 35.9 Å². The Kier molecular flexibility index (Phi) is 6.24.